The maximum Gasteiger partial charge on any atom is 0.279 e. The van der Waals surface area contributed by atoms with Gasteiger partial charge in [0.2, 0.25) is 5.13 Å². The van der Waals surface area contributed by atoms with Crippen molar-refractivity contribution in [3.05, 3.63) is 16.9 Å². The van der Waals surface area contributed by atoms with Gasteiger partial charge in [0, 0.05) is 0 Å². The second-order valence-electron chi connectivity index (χ2n) is 4.87. The maximum absolute atomic E-state index is 12.1. The van der Waals surface area contributed by atoms with E-state index in [-0.39, 0.29) is 5.91 Å². The average molecular weight is 307 g/mol. The van der Waals surface area contributed by atoms with Crippen molar-refractivity contribution < 1.29 is 4.79 Å². The third-order valence-electron chi connectivity index (χ3n) is 3.42. The minimum Gasteiger partial charge on any atom is -0.317 e. The minimum atomic E-state index is -0.297. The van der Waals surface area contributed by atoms with Crippen molar-refractivity contribution in [2.24, 2.45) is 0 Å². The Morgan fingerprint density at radius 1 is 1.43 bits per heavy atom. The molecule has 0 aromatic carbocycles. The number of hydrogen-bond donors (Lipinski definition) is 2. The second kappa shape index (κ2) is 6.27. The molecule has 1 fully saturated rings. The van der Waals surface area contributed by atoms with Crippen LogP contribution in [-0.2, 0) is 6.42 Å². The molecule has 112 valence electrons. The summed E-state index contributed by atoms with van der Waals surface area (Å²) in [5.41, 5.74) is 0.307. The molecule has 1 saturated heterocycles. The molecule has 2 N–H and O–H groups in total. The summed E-state index contributed by atoms with van der Waals surface area (Å²) in [7, 11) is 0. The van der Waals surface area contributed by atoms with Crippen LogP contribution in [0.4, 0.5) is 5.13 Å². The Labute approximate surface area is 126 Å². The average Bonchev–Trinajstić information content (AvgIpc) is 3.17. The fourth-order valence-corrected chi connectivity index (χ4v) is 2.91. The van der Waals surface area contributed by atoms with Crippen molar-refractivity contribution in [3.63, 3.8) is 0 Å². The van der Waals surface area contributed by atoms with E-state index in [0.717, 1.165) is 37.4 Å². The van der Waals surface area contributed by atoms with Crippen LogP contribution in [0.15, 0.2) is 6.20 Å². The number of amides is 1. The van der Waals surface area contributed by atoms with E-state index in [1.54, 1.807) is 10.9 Å². The third kappa shape index (κ3) is 3.24. The highest BCUT2D eigenvalue weighted by molar-refractivity contribution is 7.15. The van der Waals surface area contributed by atoms with Gasteiger partial charge in [-0.3, -0.25) is 10.1 Å². The molecule has 1 aliphatic heterocycles. The summed E-state index contributed by atoms with van der Waals surface area (Å²) in [6.07, 6.45) is 4.51. The van der Waals surface area contributed by atoms with E-state index in [0.29, 0.717) is 16.9 Å². The van der Waals surface area contributed by atoms with Gasteiger partial charge in [-0.1, -0.05) is 23.5 Å². The molecular formula is C12H17N7OS. The number of aromatic nitrogens is 5. The number of carbonyl (C=O) groups excluding carboxylic acids is 1. The molecule has 1 aliphatic rings. The number of anilines is 1. The smallest absolute Gasteiger partial charge is 0.279 e. The molecule has 3 rings (SSSR count). The van der Waals surface area contributed by atoms with E-state index < -0.39 is 0 Å². The summed E-state index contributed by atoms with van der Waals surface area (Å²) in [5.74, 6) is -0.297. The van der Waals surface area contributed by atoms with Crippen molar-refractivity contribution in [2.45, 2.75) is 32.2 Å². The zero-order valence-corrected chi connectivity index (χ0v) is 12.6. The van der Waals surface area contributed by atoms with Crippen LogP contribution in [0, 0.1) is 0 Å². The van der Waals surface area contributed by atoms with Crippen LogP contribution in [0.2, 0.25) is 0 Å². The van der Waals surface area contributed by atoms with Crippen molar-refractivity contribution in [3.8, 4) is 0 Å². The van der Waals surface area contributed by atoms with E-state index in [1.807, 2.05) is 6.92 Å². The lowest BCUT2D eigenvalue weighted by molar-refractivity contribution is 0.102. The molecule has 1 amide bonds. The molecule has 0 bridgehead atoms. The fourth-order valence-electron chi connectivity index (χ4n) is 2.24. The standard InChI is InChI=1S/C12H17N7OS/c1-2-10-16-17-12(21-10)14-11(20)9-7-19(18-15-9)8-3-5-13-6-4-8/h7-8,13H,2-6H2,1H3,(H,14,17,20). The molecule has 0 unspecified atom stereocenters. The van der Waals surface area contributed by atoms with Crippen molar-refractivity contribution in [2.75, 3.05) is 18.4 Å². The largest absolute Gasteiger partial charge is 0.317 e. The molecule has 21 heavy (non-hydrogen) atoms. The molecule has 3 heterocycles. The van der Waals surface area contributed by atoms with Gasteiger partial charge >= 0.3 is 0 Å². The molecule has 0 radical (unpaired) electrons. The molecular weight excluding hydrogens is 290 g/mol. The van der Waals surface area contributed by atoms with Crippen molar-refractivity contribution >= 4 is 22.4 Å². The topological polar surface area (TPSA) is 97.6 Å². The van der Waals surface area contributed by atoms with Gasteiger partial charge in [-0.25, -0.2) is 4.68 Å². The Balaban J connectivity index is 1.66. The molecule has 0 atom stereocenters. The highest BCUT2D eigenvalue weighted by atomic mass is 32.1. The second-order valence-corrected chi connectivity index (χ2v) is 5.94. The molecule has 8 nitrogen and oxygen atoms in total. The first-order chi connectivity index (χ1) is 10.3. The van der Waals surface area contributed by atoms with Crippen molar-refractivity contribution in [1.82, 2.24) is 30.5 Å². The van der Waals surface area contributed by atoms with E-state index >= 15 is 0 Å². The normalized spacial score (nSPS) is 16.0. The predicted octanol–water partition coefficient (Wildman–Crippen LogP) is 0.869. The molecule has 0 aliphatic carbocycles. The highest BCUT2D eigenvalue weighted by Crippen LogP contribution is 2.18. The summed E-state index contributed by atoms with van der Waals surface area (Å²) >= 11 is 1.37. The van der Waals surface area contributed by atoms with Gasteiger partial charge in [0.15, 0.2) is 5.69 Å². The monoisotopic (exact) mass is 307 g/mol. The van der Waals surface area contributed by atoms with Crippen LogP contribution < -0.4 is 10.6 Å². The minimum absolute atomic E-state index is 0.297. The van der Waals surface area contributed by atoms with Gasteiger partial charge in [-0.15, -0.1) is 15.3 Å². The predicted molar refractivity (Wildman–Crippen MR) is 78.4 cm³/mol. The zero-order chi connectivity index (χ0) is 14.7. The fraction of sp³-hybridized carbons (Fsp3) is 0.583. The van der Waals surface area contributed by atoms with Gasteiger partial charge in [-0.05, 0) is 32.4 Å². The lowest BCUT2D eigenvalue weighted by Crippen LogP contribution is -2.29. The van der Waals surface area contributed by atoms with E-state index in [4.69, 9.17) is 0 Å². The van der Waals surface area contributed by atoms with Crippen LogP contribution in [0.25, 0.3) is 0 Å². The Kier molecular flexibility index (Phi) is 4.20. The summed E-state index contributed by atoms with van der Waals surface area (Å²) in [5, 5.41) is 23.3. The van der Waals surface area contributed by atoms with Crippen LogP contribution in [0.3, 0.4) is 0 Å². The number of nitrogens with zero attached hydrogens (tertiary/aromatic N) is 5. The van der Waals surface area contributed by atoms with Crippen molar-refractivity contribution in [1.29, 1.82) is 0 Å². The highest BCUT2D eigenvalue weighted by Gasteiger charge is 2.19. The van der Waals surface area contributed by atoms with E-state index in [9.17, 15) is 4.79 Å². The number of hydrogen-bond acceptors (Lipinski definition) is 7. The van der Waals surface area contributed by atoms with Gasteiger partial charge in [0.1, 0.15) is 5.01 Å². The number of carbonyl (C=O) groups is 1. The SMILES string of the molecule is CCc1nnc(NC(=O)c2cn(C3CCNCC3)nn2)s1. The number of piperidine rings is 1. The number of aryl methyl sites for hydroxylation is 1. The quantitative estimate of drug-likeness (QED) is 0.870. The Bertz CT molecular complexity index is 617. The van der Waals surface area contributed by atoms with E-state index in [1.165, 1.54) is 11.3 Å². The zero-order valence-electron chi connectivity index (χ0n) is 11.7. The molecule has 9 heteroatoms. The maximum atomic E-state index is 12.1. The van der Waals surface area contributed by atoms with Gasteiger partial charge < -0.3 is 5.32 Å². The Morgan fingerprint density at radius 3 is 2.95 bits per heavy atom. The van der Waals surface area contributed by atoms with Crippen LogP contribution in [0.5, 0.6) is 0 Å². The Morgan fingerprint density at radius 2 is 2.24 bits per heavy atom. The van der Waals surface area contributed by atoms with E-state index in [2.05, 4.69) is 31.1 Å². The lowest BCUT2D eigenvalue weighted by atomic mass is 10.1. The molecule has 2 aromatic heterocycles. The summed E-state index contributed by atoms with van der Waals surface area (Å²) < 4.78 is 1.79. The van der Waals surface area contributed by atoms with Gasteiger partial charge in [0.25, 0.3) is 5.91 Å². The summed E-state index contributed by atoms with van der Waals surface area (Å²) in [6, 6.07) is 0.313. The number of nitrogens with one attached hydrogen (secondary N) is 2. The number of rotatable bonds is 4. The summed E-state index contributed by atoms with van der Waals surface area (Å²) in [4.78, 5) is 12.1. The Hall–Kier alpha value is -1.87. The van der Waals surface area contributed by atoms with Crippen LogP contribution in [0.1, 0.15) is 41.3 Å². The van der Waals surface area contributed by atoms with Gasteiger partial charge in [0.05, 0.1) is 12.2 Å². The molecule has 2 aromatic rings. The third-order valence-corrected chi connectivity index (χ3v) is 4.40. The molecule has 0 saturated carbocycles. The van der Waals surface area contributed by atoms with Crippen LogP contribution >= 0.6 is 11.3 Å². The first kappa shape index (κ1) is 14.1. The van der Waals surface area contributed by atoms with Gasteiger partial charge in [-0.2, -0.15) is 0 Å². The van der Waals surface area contributed by atoms with Crippen LogP contribution in [-0.4, -0.2) is 44.2 Å². The molecule has 0 spiro atoms. The summed E-state index contributed by atoms with van der Waals surface area (Å²) in [6.45, 7) is 3.93. The lowest BCUT2D eigenvalue weighted by Gasteiger charge is -2.21. The first-order valence-electron chi connectivity index (χ1n) is 7.02. The first-order valence-corrected chi connectivity index (χ1v) is 7.84.